The van der Waals surface area contributed by atoms with Crippen molar-refractivity contribution >= 4 is 44.9 Å². The lowest BCUT2D eigenvalue weighted by atomic mass is 9.82. The first-order valence-corrected chi connectivity index (χ1v) is 22.5. The van der Waals surface area contributed by atoms with Gasteiger partial charge in [0.05, 0.1) is 35.9 Å². The first-order valence-electron chi connectivity index (χ1n) is 20.9. The van der Waals surface area contributed by atoms with Gasteiger partial charge in [0.2, 0.25) is 34.1 Å². The maximum Gasteiger partial charge on any atom is 0.408 e. The van der Waals surface area contributed by atoms with Crippen molar-refractivity contribution in [3.63, 3.8) is 0 Å². The van der Waals surface area contributed by atoms with Crippen LogP contribution in [0.5, 0.6) is 11.6 Å². The van der Waals surface area contributed by atoms with E-state index in [0.29, 0.717) is 47.7 Å². The molecule has 2 aromatic rings. The van der Waals surface area contributed by atoms with Gasteiger partial charge >= 0.3 is 6.09 Å². The van der Waals surface area contributed by atoms with E-state index in [1.807, 2.05) is 10.8 Å². The molecule has 18 heteroatoms. The minimum absolute atomic E-state index is 0.139. The van der Waals surface area contributed by atoms with E-state index in [4.69, 9.17) is 24.2 Å². The first-order chi connectivity index (χ1) is 28.0. The van der Waals surface area contributed by atoms with Crippen LogP contribution in [0.3, 0.4) is 0 Å². The third kappa shape index (κ3) is 8.26. The second-order valence-corrected chi connectivity index (χ2v) is 20.5. The van der Waals surface area contributed by atoms with Gasteiger partial charge in [-0.3, -0.25) is 19.1 Å². The standard InChI is InChI=1S/C41H54F2N6O9S/c1-40(2,3)33-37(51)49-20-24(18-31(49)35(50)47-41(19-27(41)34(42)43)38(52)48-59(54,55)25-13-14-25)57-36-29(44-28-15-12-23(56-4)17-30(28)45-36)9-7-5-6-8-26-21-10-11-22(16-21)32(26)58-39(53)46-33/h12,15,17,21-22,24-27,31-34H,5-11,13-14,16,18-20H2,1-4H3,(H,46,53)(H,47,50)(H,48,52)/t21-,22-,24+,26+,27-,31-,32+,33+,41+/m0/s1. The number of nitrogens with zero attached hydrogens (tertiary/aromatic N) is 3. The second-order valence-electron chi connectivity index (χ2n) is 18.5. The van der Waals surface area contributed by atoms with E-state index in [1.54, 1.807) is 32.9 Å². The molecule has 0 spiro atoms. The van der Waals surface area contributed by atoms with E-state index >= 15 is 0 Å². The number of alkyl carbamates (subject to hydrolysis) is 1. The third-order valence-corrected chi connectivity index (χ3v) is 15.2. The number of benzene rings is 1. The van der Waals surface area contributed by atoms with Crippen molar-refractivity contribution in [2.75, 3.05) is 13.7 Å². The summed E-state index contributed by atoms with van der Waals surface area (Å²) < 4.78 is 74.0. The van der Waals surface area contributed by atoms with Gasteiger partial charge in [0, 0.05) is 12.5 Å². The predicted octanol–water partition coefficient (Wildman–Crippen LogP) is 4.41. The molecule has 322 valence electrons. The Kier molecular flexibility index (Phi) is 10.9. The average molecular weight is 845 g/mol. The van der Waals surface area contributed by atoms with Crippen LogP contribution in [0.1, 0.15) is 97.1 Å². The molecule has 2 aliphatic heterocycles. The number of nitrogens with one attached hydrogen (secondary N) is 3. The Balaban J connectivity index is 1.14. The van der Waals surface area contributed by atoms with Crippen molar-refractivity contribution in [1.82, 2.24) is 30.2 Å². The molecule has 9 atom stereocenters. The number of aryl methyl sites for hydroxylation is 1. The van der Waals surface area contributed by atoms with E-state index < -0.39 is 87.0 Å². The molecule has 1 aromatic carbocycles. The number of amides is 4. The molecule has 1 aromatic heterocycles. The molecule has 3 N–H and O–H groups in total. The van der Waals surface area contributed by atoms with Crippen LogP contribution in [0.15, 0.2) is 18.2 Å². The van der Waals surface area contributed by atoms with Crippen LogP contribution in [0, 0.1) is 29.1 Å². The number of sulfonamides is 1. The number of fused-ring (bicyclic) bond motifs is 9. The third-order valence-electron chi connectivity index (χ3n) is 13.4. The van der Waals surface area contributed by atoms with E-state index in [0.717, 1.165) is 44.9 Å². The van der Waals surface area contributed by atoms with Crippen molar-refractivity contribution < 1.29 is 50.6 Å². The van der Waals surface area contributed by atoms with Crippen molar-refractivity contribution in [1.29, 1.82) is 0 Å². The van der Waals surface area contributed by atoms with Crippen LogP contribution in [-0.4, -0.2) is 102 Å². The zero-order valence-electron chi connectivity index (χ0n) is 33.9. The molecule has 6 aliphatic rings. The fourth-order valence-corrected chi connectivity index (χ4v) is 11.3. The summed E-state index contributed by atoms with van der Waals surface area (Å²) in [6, 6.07) is 2.77. The molecular weight excluding hydrogens is 791 g/mol. The molecule has 0 radical (unpaired) electrons. The van der Waals surface area contributed by atoms with E-state index in [9.17, 15) is 36.4 Å². The number of aromatic nitrogens is 2. The number of alkyl halides is 2. The van der Waals surface area contributed by atoms with Gasteiger partial charge in [-0.05, 0) is 93.1 Å². The summed E-state index contributed by atoms with van der Waals surface area (Å²) in [6.07, 6.45) is 2.20. The molecule has 8 rings (SSSR count). The topological polar surface area (TPSA) is 195 Å². The summed E-state index contributed by atoms with van der Waals surface area (Å²) in [4.78, 5) is 67.4. The van der Waals surface area contributed by atoms with E-state index in [1.165, 1.54) is 12.0 Å². The van der Waals surface area contributed by atoms with Crippen LogP contribution < -0.4 is 24.8 Å². The Hall–Kier alpha value is -4.35. The number of hydrogen-bond donors (Lipinski definition) is 3. The summed E-state index contributed by atoms with van der Waals surface area (Å²) in [6.45, 7) is 5.14. The smallest absolute Gasteiger partial charge is 0.408 e. The molecule has 5 fully saturated rings. The first kappa shape index (κ1) is 41.4. The number of ether oxygens (including phenoxy) is 3. The van der Waals surface area contributed by atoms with Gasteiger partial charge in [-0.25, -0.2) is 32.0 Å². The Bertz CT molecular complexity index is 2120. The van der Waals surface area contributed by atoms with E-state index in [2.05, 4.69) is 10.6 Å². The number of methoxy groups -OCH3 is 1. The Morgan fingerprint density at radius 1 is 1.00 bits per heavy atom. The SMILES string of the molecule is COc1ccc2nc3c(nc2c1)O[C@@H]1C[C@@H](C(=O)N[C@]2(C(=O)NS(=O)(=O)C4CC4)C[C@H]2C(F)F)N(C1)C(=O)[C@H](C(C)(C)C)NC(=O)O[C@@H]1[C@H]2CC[C@@H](C2)[C@H]1CCCCC3. The number of hydrogen-bond acceptors (Lipinski definition) is 11. The van der Waals surface area contributed by atoms with Gasteiger partial charge in [0.25, 0.3) is 5.91 Å². The summed E-state index contributed by atoms with van der Waals surface area (Å²) in [5.74, 6) is -2.79. The second kappa shape index (κ2) is 15.6. The molecule has 4 aliphatic carbocycles. The lowest BCUT2D eigenvalue weighted by Crippen LogP contribution is -2.60. The van der Waals surface area contributed by atoms with Crippen molar-refractivity contribution in [2.24, 2.45) is 29.1 Å². The highest BCUT2D eigenvalue weighted by Gasteiger charge is 2.67. The molecular formula is C41H54F2N6O9S. The maximum absolute atomic E-state index is 14.8. The minimum Gasteiger partial charge on any atom is -0.497 e. The zero-order valence-corrected chi connectivity index (χ0v) is 34.7. The van der Waals surface area contributed by atoms with Crippen LogP contribution in [0.4, 0.5) is 13.6 Å². The fourth-order valence-electron chi connectivity index (χ4n) is 9.89. The van der Waals surface area contributed by atoms with Gasteiger partial charge in [-0.1, -0.05) is 33.6 Å². The van der Waals surface area contributed by atoms with Gasteiger partial charge in [0.15, 0.2) is 0 Å². The fraction of sp³-hybridized carbons (Fsp3) is 0.707. The Morgan fingerprint density at radius 2 is 1.76 bits per heavy atom. The quantitative estimate of drug-likeness (QED) is 0.358. The van der Waals surface area contributed by atoms with Crippen LogP contribution >= 0.6 is 0 Å². The Labute approximate surface area is 342 Å². The molecule has 4 bridgehead atoms. The molecule has 4 amide bonds. The maximum atomic E-state index is 14.8. The van der Waals surface area contributed by atoms with Gasteiger partial charge < -0.3 is 29.7 Å². The van der Waals surface area contributed by atoms with Crippen molar-refractivity contribution in [2.45, 2.75) is 139 Å². The highest BCUT2D eigenvalue weighted by molar-refractivity contribution is 7.91. The number of carbonyl (C=O) groups excluding carboxylic acids is 4. The summed E-state index contributed by atoms with van der Waals surface area (Å²) in [5.41, 5.74) is -1.38. The number of carbonyl (C=O) groups is 4. The lowest BCUT2D eigenvalue weighted by molar-refractivity contribution is -0.143. The van der Waals surface area contributed by atoms with Crippen LogP contribution in [0.2, 0.25) is 0 Å². The summed E-state index contributed by atoms with van der Waals surface area (Å²) in [7, 11) is -2.60. The van der Waals surface area contributed by atoms with Gasteiger partial charge in [0.1, 0.15) is 41.3 Å². The summed E-state index contributed by atoms with van der Waals surface area (Å²) >= 11 is 0. The highest BCUT2D eigenvalue weighted by atomic mass is 32.2. The molecule has 0 unspecified atom stereocenters. The predicted molar refractivity (Wildman–Crippen MR) is 209 cm³/mol. The molecule has 1 saturated heterocycles. The average Bonchev–Trinajstić information content (AvgIpc) is 4.04. The molecule has 15 nitrogen and oxygen atoms in total. The minimum atomic E-state index is -4.14. The molecule has 3 heterocycles. The summed E-state index contributed by atoms with van der Waals surface area (Å²) in [5, 5.41) is 4.48. The number of halogens is 2. The Morgan fingerprint density at radius 3 is 2.46 bits per heavy atom. The molecule has 59 heavy (non-hydrogen) atoms. The van der Waals surface area contributed by atoms with Crippen LogP contribution in [0.25, 0.3) is 11.0 Å². The van der Waals surface area contributed by atoms with Crippen molar-refractivity contribution in [3.8, 4) is 11.6 Å². The van der Waals surface area contributed by atoms with E-state index in [-0.39, 0.29) is 36.8 Å². The van der Waals surface area contributed by atoms with Crippen molar-refractivity contribution in [3.05, 3.63) is 23.9 Å². The largest absolute Gasteiger partial charge is 0.497 e. The van der Waals surface area contributed by atoms with Gasteiger partial charge in [-0.2, -0.15) is 0 Å². The normalized spacial score (nSPS) is 32.6. The zero-order chi connectivity index (χ0) is 42.0. The lowest BCUT2D eigenvalue weighted by Gasteiger charge is -2.36. The van der Waals surface area contributed by atoms with Crippen LogP contribution in [-0.2, 0) is 35.6 Å². The highest BCUT2D eigenvalue weighted by Crippen LogP contribution is 2.52. The monoisotopic (exact) mass is 844 g/mol. The number of rotatable bonds is 7. The molecule has 4 saturated carbocycles. The van der Waals surface area contributed by atoms with Gasteiger partial charge in [-0.15, -0.1) is 0 Å².